The Hall–Kier alpha value is -1.83. The van der Waals surface area contributed by atoms with Crippen molar-refractivity contribution in [1.29, 1.82) is 0 Å². The summed E-state index contributed by atoms with van der Waals surface area (Å²) in [6, 6.07) is 0. The van der Waals surface area contributed by atoms with Gasteiger partial charge in [0.25, 0.3) is 0 Å². The summed E-state index contributed by atoms with van der Waals surface area (Å²) in [7, 11) is 0. The summed E-state index contributed by atoms with van der Waals surface area (Å²) < 4.78 is 6.15. The monoisotopic (exact) mass is 637 g/mol. The van der Waals surface area contributed by atoms with Crippen LogP contribution in [0.25, 0.3) is 0 Å². The molecule has 0 saturated heterocycles. The van der Waals surface area contributed by atoms with Crippen LogP contribution in [-0.2, 0) is 9.53 Å². The SMILES string of the molecule is C=C1CC[C@H](OC(=O)CCCCCCCCCCCCC)C(C)(C)[C@@H]1CC/C(C)=C/CC/C=C(\C)CC/C=C(\C)CCC=C(C)C. The van der Waals surface area contributed by atoms with Gasteiger partial charge >= 0.3 is 5.97 Å². The third-order valence-corrected chi connectivity index (χ3v) is 10.3. The predicted molar refractivity (Wildman–Crippen MR) is 204 cm³/mol. The van der Waals surface area contributed by atoms with Crippen LogP contribution in [0.3, 0.4) is 0 Å². The largest absolute Gasteiger partial charge is 0.462 e. The van der Waals surface area contributed by atoms with Crippen molar-refractivity contribution < 1.29 is 9.53 Å². The number of esters is 1. The Bertz CT molecular complexity index is 968. The van der Waals surface area contributed by atoms with E-state index in [2.05, 4.69) is 86.3 Å². The molecular formula is C44H76O2. The number of carbonyl (C=O) groups is 1. The Labute approximate surface area is 287 Å². The van der Waals surface area contributed by atoms with Crippen LogP contribution in [0, 0.1) is 11.3 Å². The van der Waals surface area contributed by atoms with Crippen LogP contribution >= 0.6 is 0 Å². The fourth-order valence-corrected chi connectivity index (χ4v) is 7.02. The highest BCUT2D eigenvalue weighted by Gasteiger charge is 2.43. The molecule has 1 aliphatic rings. The maximum absolute atomic E-state index is 12.8. The molecule has 0 aliphatic heterocycles. The molecule has 1 aliphatic carbocycles. The summed E-state index contributed by atoms with van der Waals surface area (Å²) in [5.41, 5.74) is 7.17. The Morgan fingerprint density at radius 2 is 1.17 bits per heavy atom. The zero-order valence-corrected chi connectivity index (χ0v) is 32.0. The van der Waals surface area contributed by atoms with Crippen molar-refractivity contribution in [3.63, 3.8) is 0 Å². The summed E-state index contributed by atoms with van der Waals surface area (Å²) >= 11 is 0. The maximum atomic E-state index is 12.8. The quantitative estimate of drug-likeness (QED) is 0.0566. The van der Waals surface area contributed by atoms with Crippen molar-refractivity contribution in [2.24, 2.45) is 11.3 Å². The Kier molecular flexibility index (Phi) is 23.1. The molecule has 0 radical (unpaired) electrons. The van der Waals surface area contributed by atoms with E-state index in [1.54, 1.807) is 0 Å². The minimum absolute atomic E-state index is 0.00314. The van der Waals surface area contributed by atoms with E-state index >= 15 is 0 Å². The van der Waals surface area contributed by atoms with Gasteiger partial charge < -0.3 is 4.74 Å². The Morgan fingerprint density at radius 3 is 1.72 bits per heavy atom. The van der Waals surface area contributed by atoms with E-state index < -0.39 is 0 Å². The zero-order valence-electron chi connectivity index (χ0n) is 32.0. The summed E-state index contributed by atoms with van der Waals surface area (Å²) in [5, 5.41) is 0. The van der Waals surface area contributed by atoms with Crippen molar-refractivity contribution in [1.82, 2.24) is 0 Å². The summed E-state index contributed by atoms with van der Waals surface area (Å²) in [5.74, 6) is 0.398. The van der Waals surface area contributed by atoms with Gasteiger partial charge in [-0.05, 0) is 111 Å². The van der Waals surface area contributed by atoms with E-state index in [-0.39, 0.29) is 17.5 Å². The van der Waals surface area contributed by atoms with Crippen LogP contribution in [0.2, 0.25) is 0 Å². The molecule has 1 rings (SSSR count). The fourth-order valence-electron chi connectivity index (χ4n) is 7.02. The average molecular weight is 637 g/mol. The van der Waals surface area contributed by atoms with E-state index in [4.69, 9.17) is 4.74 Å². The van der Waals surface area contributed by atoms with Gasteiger partial charge in [0.05, 0.1) is 0 Å². The van der Waals surface area contributed by atoms with Crippen LogP contribution in [0.4, 0.5) is 0 Å². The van der Waals surface area contributed by atoms with E-state index in [0.29, 0.717) is 12.3 Å². The second-order valence-corrected chi connectivity index (χ2v) is 15.5. The number of ether oxygens (including phenoxy) is 1. The van der Waals surface area contributed by atoms with E-state index in [1.165, 1.54) is 92.1 Å². The smallest absolute Gasteiger partial charge is 0.306 e. The van der Waals surface area contributed by atoms with Gasteiger partial charge in [0.15, 0.2) is 0 Å². The Morgan fingerprint density at radius 1 is 0.696 bits per heavy atom. The minimum Gasteiger partial charge on any atom is -0.462 e. The molecule has 0 aromatic rings. The molecule has 2 heteroatoms. The normalized spacial score (nSPS) is 19.0. The highest BCUT2D eigenvalue weighted by atomic mass is 16.5. The topological polar surface area (TPSA) is 26.3 Å². The molecular weight excluding hydrogens is 560 g/mol. The van der Waals surface area contributed by atoms with Gasteiger partial charge in [0.1, 0.15) is 6.10 Å². The molecule has 264 valence electrons. The van der Waals surface area contributed by atoms with Crippen LogP contribution in [-0.4, -0.2) is 12.1 Å². The van der Waals surface area contributed by atoms with Crippen molar-refractivity contribution in [2.45, 2.75) is 203 Å². The van der Waals surface area contributed by atoms with Crippen molar-refractivity contribution >= 4 is 5.97 Å². The first kappa shape index (κ1) is 42.2. The molecule has 1 fully saturated rings. The van der Waals surface area contributed by atoms with E-state index in [9.17, 15) is 4.79 Å². The van der Waals surface area contributed by atoms with Crippen LogP contribution < -0.4 is 0 Å². The molecule has 46 heavy (non-hydrogen) atoms. The van der Waals surface area contributed by atoms with Gasteiger partial charge in [-0.1, -0.05) is 144 Å². The van der Waals surface area contributed by atoms with Crippen molar-refractivity contribution in [2.75, 3.05) is 0 Å². The second kappa shape index (κ2) is 25.2. The highest BCUT2D eigenvalue weighted by Crippen LogP contribution is 2.47. The molecule has 2 nitrogen and oxygen atoms in total. The lowest BCUT2D eigenvalue weighted by Crippen LogP contribution is -2.44. The molecule has 2 atom stereocenters. The van der Waals surface area contributed by atoms with Crippen LogP contribution in [0.5, 0.6) is 0 Å². The van der Waals surface area contributed by atoms with Gasteiger partial charge in [-0.15, -0.1) is 0 Å². The van der Waals surface area contributed by atoms with Gasteiger partial charge in [-0.2, -0.15) is 0 Å². The second-order valence-electron chi connectivity index (χ2n) is 15.5. The summed E-state index contributed by atoms with van der Waals surface area (Å²) in [6.45, 7) is 22.5. The van der Waals surface area contributed by atoms with Gasteiger partial charge in [0.2, 0.25) is 0 Å². The van der Waals surface area contributed by atoms with Gasteiger partial charge in [-0.25, -0.2) is 0 Å². The molecule has 0 aromatic heterocycles. The van der Waals surface area contributed by atoms with Crippen LogP contribution in [0.1, 0.15) is 197 Å². The standard InChI is InChI=1S/C44H76O2/c1-10-11-12-13-14-15-16-17-18-19-20-31-43(45)46-42-35-33-40(7)41(44(42,8)9)34-32-39(6)27-22-21-26-37(4)29-24-30-38(5)28-23-25-36(2)3/h25-27,30,41-42H,7,10-24,28-29,31-35H2,1-6,8-9H3/b37-26+,38-30+,39-27+/t41-,42+/m1/s1. The maximum Gasteiger partial charge on any atom is 0.306 e. The lowest BCUT2D eigenvalue weighted by molar-refractivity contribution is -0.159. The third kappa shape index (κ3) is 19.7. The van der Waals surface area contributed by atoms with E-state index in [1.807, 2.05) is 0 Å². The molecule has 1 saturated carbocycles. The number of unbranched alkanes of at least 4 members (excludes halogenated alkanes) is 11. The van der Waals surface area contributed by atoms with Gasteiger partial charge in [0, 0.05) is 11.8 Å². The number of rotatable bonds is 25. The number of allylic oxidation sites excluding steroid dienone is 9. The predicted octanol–water partition coefficient (Wildman–Crippen LogP) is 14.5. The molecule has 0 N–H and O–H groups in total. The molecule has 0 heterocycles. The van der Waals surface area contributed by atoms with Crippen LogP contribution in [0.15, 0.2) is 58.7 Å². The molecule has 0 spiro atoms. The summed E-state index contributed by atoms with van der Waals surface area (Å²) in [4.78, 5) is 12.8. The number of hydrogen-bond donors (Lipinski definition) is 0. The molecule has 0 bridgehead atoms. The molecule has 0 amide bonds. The van der Waals surface area contributed by atoms with E-state index in [0.717, 1.165) is 70.6 Å². The molecule has 0 unspecified atom stereocenters. The van der Waals surface area contributed by atoms with Crippen molar-refractivity contribution in [3.05, 3.63) is 58.7 Å². The zero-order chi connectivity index (χ0) is 34.2. The number of carbonyl (C=O) groups excluding carboxylic acids is 1. The summed E-state index contributed by atoms with van der Waals surface area (Å²) in [6.07, 6.45) is 35.4. The minimum atomic E-state index is -0.0688. The number of hydrogen-bond acceptors (Lipinski definition) is 2. The Balaban J connectivity index is 2.36. The average Bonchev–Trinajstić information content (AvgIpc) is 2.99. The first-order valence-corrected chi connectivity index (χ1v) is 19.4. The van der Waals surface area contributed by atoms with Gasteiger partial charge in [-0.3, -0.25) is 4.79 Å². The molecule has 0 aromatic carbocycles. The lowest BCUT2D eigenvalue weighted by atomic mass is 9.63. The fraction of sp³-hybridized carbons (Fsp3) is 0.750. The highest BCUT2D eigenvalue weighted by molar-refractivity contribution is 5.69. The lowest BCUT2D eigenvalue weighted by Gasteiger charge is -2.46. The first-order chi connectivity index (χ1) is 22.0. The van der Waals surface area contributed by atoms with Crippen molar-refractivity contribution in [3.8, 4) is 0 Å². The third-order valence-electron chi connectivity index (χ3n) is 10.3. The first-order valence-electron chi connectivity index (χ1n) is 19.4.